The van der Waals surface area contributed by atoms with Gasteiger partial charge < -0.3 is 10.6 Å². The van der Waals surface area contributed by atoms with Gasteiger partial charge in [-0.25, -0.2) is 4.39 Å². The van der Waals surface area contributed by atoms with E-state index in [2.05, 4.69) is 20.8 Å². The zero-order chi connectivity index (χ0) is 14.4. The summed E-state index contributed by atoms with van der Waals surface area (Å²) in [5.41, 5.74) is 1.45. The molecular weight excluding hydrogens is 259 g/mol. The third-order valence-electron chi connectivity index (χ3n) is 2.98. The molecule has 20 heavy (non-hydrogen) atoms. The summed E-state index contributed by atoms with van der Waals surface area (Å²) in [7, 11) is 0. The molecule has 0 saturated carbocycles. The number of H-pyrrole nitrogens is 1. The van der Waals surface area contributed by atoms with Crippen LogP contribution in [0.4, 0.5) is 4.39 Å². The van der Waals surface area contributed by atoms with Gasteiger partial charge in [-0.2, -0.15) is 5.10 Å². The Bertz CT molecular complexity index is 539. The average molecular weight is 276 g/mol. The van der Waals surface area contributed by atoms with Gasteiger partial charge in [0.05, 0.1) is 0 Å². The van der Waals surface area contributed by atoms with E-state index in [0.717, 1.165) is 5.56 Å². The van der Waals surface area contributed by atoms with Crippen molar-refractivity contribution in [2.45, 2.75) is 13.0 Å². The summed E-state index contributed by atoms with van der Waals surface area (Å²) in [6.07, 6.45) is 1.53. The van der Waals surface area contributed by atoms with E-state index < -0.39 is 0 Å². The molecule has 2 aromatic rings. The van der Waals surface area contributed by atoms with Gasteiger partial charge in [0.25, 0.3) is 5.91 Å². The number of aromatic amines is 1. The SMILES string of the molecule is CC(NCCNC(=O)c1ccn[nH]1)c1ccc(F)cc1. The van der Waals surface area contributed by atoms with E-state index in [-0.39, 0.29) is 17.8 Å². The van der Waals surface area contributed by atoms with Crippen LogP contribution in [0.3, 0.4) is 0 Å². The van der Waals surface area contributed by atoms with Crippen LogP contribution in [-0.2, 0) is 0 Å². The number of hydrogen-bond acceptors (Lipinski definition) is 3. The van der Waals surface area contributed by atoms with Crippen LogP contribution in [0, 0.1) is 5.82 Å². The van der Waals surface area contributed by atoms with Gasteiger partial charge in [0, 0.05) is 25.3 Å². The fourth-order valence-electron chi connectivity index (χ4n) is 1.81. The van der Waals surface area contributed by atoms with E-state index in [9.17, 15) is 9.18 Å². The van der Waals surface area contributed by atoms with Gasteiger partial charge >= 0.3 is 0 Å². The van der Waals surface area contributed by atoms with Crippen molar-refractivity contribution in [3.05, 3.63) is 53.6 Å². The lowest BCUT2D eigenvalue weighted by Crippen LogP contribution is -2.33. The molecule has 1 heterocycles. The molecule has 1 aromatic heterocycles. The number of hydrogen-bond donors (Lipinski definition) is 3. The number of nitrogens with one attached hydrogen (secondary N) is 3. The molecule has 0 saturated heterocycles. The molecule has 1 atom stereocenters. The Morgan fingerprint density at radius 3 is 2.70 bits per heavy atom. The zero-order valence-electron chi connectivity index (χ0n) is 11.2. The van der Waals surface area contributed by atoms with Crippen molar-refractivity contribution >= 4 is 5.91 Å². The predicted molar refractivity (Wildman–Crippen MR) is 73.7 cm³/mol. The van der Waals surface area contributed by atoms with E-state index >= 15 is 0 Å². The molecule has 0 radical (unpaired) electrons. The first-order valence-corrected chi connectivity index (χ1v) is 6.43. The molecule has 0 aliphatic carbocycles. The molecule has 1 amide bonds. The number of amides is 1. The Hall–Kier alpha value is -2.21. The van der Waals surface area contributed by atoms with Crippen LogP contribution in [0.5, 0.6) is 0 Å². The molecule has 0 bridgehead atoms. The molecular formula is C14H17FN4O. The fraction of sp³-hybridized carbons (Fsp3) is 0.286. The van der Waals surface area contributed by atoms with E-state index in [1.807, 2.05) is 6.92 Å². The molecule has 0 fully saturated rings. The molecule has 6 heteroatoms. The largest absolute Gasteiger partial charge is 0.349 e. The van der Waals surface area contributed by atoms with Gasteiger partial charge in [0.15, 0.2) is 0 Å². The monoisotopic (exact) mass is 276 g/mol. The average Bonchev–Trinajstić information content (AvgIpc) is 2.98. The number of rotatable bonds is 6. The highest BCUT2D eigenvalue weighted by Crippen LogP contribution is 2.12. The Morgan fingerprint density at radius 2 is 2.05 bits per heavy atom. The summed E-state index contributed by atoms with van der Waals surface area (Å²) in [4.78, 5) is 11.6. The Morgan fingerprint density at radius 1 is 1.30 bits per heavy atom. The molecule has 106 valence electrons. The number of nitrogens with zero attached hydrogens (tertiary/aromatic N) is 1. The first-order chi connectivity index (χ1) is 9.66. The Labute approximate surface area is 116 Å². The number of halogens is 1. The maximum absolute atomic E-state index is 12.8. The summed E-state index contributed by atoms with van der Waals surface area (Å²) >= 11 is 0. The molecule has 5 nitrogen and oxygen atoms in total. The highest BCUT2D eigenvalue weighted by atomic mass is 19.1. The second-order valence-electron chi connectivity index (χ2n) is 4.45. The quantitative estimate of drug-likeness (QED) is 0.702. The summed E-state index contributed by atoms with van der Waals surface area (Å²) in [6, 6.07) is 8.08. The predicted octanol–water partition coefficient (Wildman–Crippen LogP) is 1.63. The molecule has 1 aromatic carbocycles. The van der Waals surface area contributed by atoms with Crippen molar-refractivity contribution in [3.63, 3.8) is 0 Å². The van der Waals surface area contributed by atoms with Crippen LogP contribution in [0.1, 0.15) is 29.0 Å². The first-order valence-electron chi connectivity index (χ1n) is 6.43. The Kier molecular flexibility index (Phi) is 4.84. The molecule has 3 N–H and O–H groups in total. The zero-order valence-corrected chi connectivity index (χ0v) is 11.2. The van der Waals surface area contributed by atoms with Crippen molar-refractivity contribution in [3.8, 4) is 0 Å². The lowest BCUT2D eigenvalue weighted by Gasteiger charge is -2.14. The Balaban J connectivity index is 1.70. The minimum absolute atomic E-state index is 0.0969. The van der Waals surface area contributed by atoms with Crippen LogP contribution < -0.4 is 10.6 Å². The van der Waals surface area contributed by atoms with Crippen LogP contribution in [0.15, 0.2) is 36.5 Å². The van der Waals surface area contributed by atoms with Crippen LogP contribution in [-0.4, -0.2) is 29.2 Å². The van der Waals surface area contributed by atoms with Crippen LogP contribution >= 0.6 is 0 Å². The van der Waals surface area contributed by atoms with Crippen molar-refractivity contribution in [1.29, 1.82) is 0 Å². The molecule has 0 spiro atoms. The van der Waals surface area contributed by atoms with Crippen LogP contribution in [0.2, 0.25) is 0 Å². The lowest BCUT2D eigenvalue weighted by atomic mass is 10.1. The van der Waals surface area contributed by atoms with E-state index in [1.165, 1.54) is 18.3 Å². The number of aromatic nitrogens is 2. The standard InChI is InChI=1S/C14H17FN4O/c1-10(11-2-4-12(15)5-3-11)16-8-9-17-14(20)13-6-7-18-19-13/h2-7,10,16H,8-9H2,1H3,(H,17,20)(H,18,19). The third kappa shape index (κ3) is 3.89. The van der Waals surface area contributed by atoms with Crippen molar-refractivity contribution in [1.82, 2.24) is 20.8 Å². The van der Waals surface area contributed by atoms with Gasteiger partial charge in [-0.1, -0.05) is 12.1 Å². The van der Waals surface area contributed by atoms with Crippen molar-refractivity contribution in [2.24, 2.45) is 0 Å². The molecule has 0 aliphatic rings. The number of carbonyl (C=O) groups is 1. The molecule has 1 unspecified atom stereocenters. The summed E-state index contributed by atoms with van der Waals surface area (Å²) < 4.78 is 12.8. The van der Waals surface area contributed by atoms with Gasteiger partial charge in [-0.3, -0.25) is 9.89 Å². The minimum Gasteiger partial charge on any atom is -0.349 e. The second-order valence-corrected chi connectivity index (χ2v) is 4.45. The normalized spacial score (nSPS) is 12.1. The van der Waals surface area contributed by atoms with Gasteiger partial charge in [-0.15, -0.1) is 0 Å². The summed E-state index contributed by atoms with van der Waals surface area (Å²) in [6.45, 7) is 3.12. The van der Waals surface area contributed by atoms with Crippen molar-refractivity contribution in [2.75, 3.05) is 13.1 Å². The van der Waals surface area contributed by atoms with Crippen molar-refractivity contribution < 1.29 is 9.18 Å². The smallest absolute Gasteiger partial charge is 0.269 e. The maximum Gasteiger partial charge on any atom is 0.269 e. The van der Waals surface area contributed by atoms with E-state index in [1.54, 1.807) is 18.2 Å². The van der Waals surface area contributed by atoms with Gasteiger partial charge in [0.1, 0.15) is 11.5 Å². The summed E-state index contributed by atoms with van der Waals surface area (Å²) in [5.74, 6) is -0.425. The number of carbonyl (C=O) groups excluding carboxylic acids is 1. The highest BCUT2D eigenvalue weighted by Gasteiger charge is 2.07. The number of benzene rings is 1. The minimum atomic E-state index is -0.243. The van der Waals surface area contributed by atoms with Gasteiger partial charge in [-0.05, 0) is 30.7 Å². The topological polar surface area (TPSA) is 69.8 Å². The van der Waals surface area contributed by atoms with Crippen LogP contribution in [0.25, 0.3) is 0 Å². The van der Waals surface area contributed by atoms with E-state index in [0.29, 0.717) is 18.8 Å². The first kappa shape index (κ1) is 14.2. The second kappa shape index (κ2) is 6.81. The lowest BCUT2D eigenvalue weighted by molar-refractivity contribution is 0.0948. The molecule has 0 aliphatic heterocycles. The summed E-state index contributed by atoms with van der Waals surface area (Å²) in [5, 5.41) is 12.3. The molecule has 2 rings (SSSR count). The van der Waals surface area contributed by atoms with Gasteiger partial charge in [0.2, 0.25) is 0 Å². The maximum atomic E-state index is 12.8. The van der Waals surface area contributed by atoms with E-state index in [4.69, 9.17) is 0 Å². The third-order valence-corrected chi connectivity index (χ3v) is 2.98. The highest BCUT2D eigenvalue weighted by molar-refractivity contribution is 5.92. The fourth-order valence-corrected chi connectivity index (χ4v) is 1.81.